The van der Waals surface area contributed by atoms with Crippen LogP contribution in [0.15, 0.2) is 18.2 Å². The lowest BCUT2D eigenvalue weighted by molar-refractivity contribution is -0.128. The van der Waals surface area contributed by atoms with E-state index in [2.05, 4.69) is 23.5 Å². The number of nitrogens with one attached hydrogen (secondary N) is 1. The van der Waals surface area contributed by atoms with Crippen molar-refractivity contribution >= 4 is 5.69 Å². The number of aliphatic hydroxyl groups excluding tert-OH is 1. The van der Waals surface area contributed by atoms with E-state index >= 15 is 0 Å². The van der Waals surface area contributed by atoms with Crippen molar-refractivity contribution in [2.24, 2.45) is 5.41 Å². The molecule has 1 heterocycles. The Morgan fingerprint density at radius 1 is 1.22 bits per heavy atom. The summed E-state index contributed by atoms with van der Waals surface area (Å²) in [5.41, 5.74) is 4.18. The summed E-state index contributed by atoms with van der Waals surface area (Å²) in [5, 5.41) is 13.0. The van der Waals surface area contributed by atoms with Crippen LogP contribution in [0.4, 0.5) is 5.69 Å². The van der Waals surface area contributed by atoms with Crippen LogP contribution in [0.25, 0.3) is 0 Å². The second kappa shape index (κ2) is 4.90. The molecule has 1 aromatic rings. The van der Waals surface area contributed by atoms with Gasteiger partial charge in [0.05, 0.1) is 25.2 Å². The lowest BCUT2D eigenvalue weighted by atomic mass is 9.86. The Balaban J connectivity index is 1.72. The van der Waals surface area contributed by atoms with Crippen molar-refractivity contribution in [1.29, 1.82) is 0 Å². The monoisotopic (exact) mass is 247 g/mol. The summed E-state index contributed by atoms with van der Waals surface area (Å²) in [7, 11) is 0. The van der Waals surface area contributed by atoms with Crippen LogP contribution in [0.5, 0.6) is 0 Å². The maximum Gasteiger partial charge on any atom is 0.0584 e. The highest BCUT2D eigenvalue weighted by atomic mass is 16.5. The molecule has 3 rings (SSSR count). The first-order valence-electron chi connectivity index (χ1n) is 6.86. The van der Waals surface area contributed by atoms with Crippen molar-refractivity contribution in [3.8, 4) is 0 Å². The molecule has 1 aliphatic carbocycles. The molecular weight excluding hydrogens is 226 g/mol. The van der Waals surface area contributed by atoms with Gasteiger partial charge in [0.2, 0.25) is 0 Å². The molecule has 0 saturated carbocycles. The zero-order chi connectivity index (χ0) is 12.4. The third-order valence-corrected chi connectivity index (χ3v) is 4.20. The van der Waals surface area contributed by atoms with Crippen LogP contribution < -0.4 is 5.32 Å². The molecule has 0 atom stereocenters. The molecule has 98 valence electrons. The minimum Gasteiger partial charge on any atom is -0.396 e. The van der Waals surface area contributed by atoms with E-state index in [1.54, 1.807) is 0 Å². The summed E-state index contributed by atoms with van der Waals surface area (Å²) in [6, 6.07) is 6.54. The van der Waals surface area contributed by atoms with Crippen molar-refractivity contribution in [3.63, 3.8) is 0 Å². The molecule has 0 amide bonds. The Morgan fingerprint density at radius 2 is 2.06 bits per heavy atom. The molecule has 0 unspecified atom stereocenters. The fourth-order valence-electron chi connectivity index (χ4n) is 2.87. The summed E-state index contributed by atoms with van der Waals surface area (Å²) < 4.78 is 5.23. The van der Waals surface area contributed by atoms with E-state index in [4.69, 9.17) is 4.74 Å². The molecule has 1 aliphatic heterocycles. The van der Waals surface area contributed by atoms with Crippen LogP contribution in [0.3, 0.4) is 0 Å². The standard InChI is InChI=1S/C15H21NO2/c17-9-15(10-18-11-15)8-16-14-7-3-5-12-4-1-2-6-13(12)14/h3,5,7,16-17H,1-2,4,6,8-11H2. The number of fused-ring (bicyclic) bond motifs is 1. The van der Waals surface area contributed by atoms with Gasteiger partial charge in [-0.15, -0.1) is 0 Å². The number of anilines is 1. The highest BCUT2D eigenvalue weighted by Crippen LogP contribution is 2.31. The van der Waals surface area contributed by atoms with Gasteiger partial charge >= 0.3 is 0 Å². The van der Waals surface area contributed by atoms with Gasteiger partial charge in [-0.2, -0.15) is 0 Å². The van der Waals surface area contributed by atoms with Crippen molar-refractivity contribution in [2.45, 2.75) is 25.7 Å². The molecule has 3 nitrogen and oxygen atoms in total. The highest BCUT2D eigenvalue weighted by Gasteiger charge is 2.37. The van der Waals surface area contributed by atoms with Gasteiger partial charge in [-0.05, 0) is 42.9 Å². The number of aryl methyl sites for hydroxylation is 1. The SMILES string of the molecule is OCC1(CNc2cccc3c2CCCC3)COC1. The molecule has 0 radical (unpaired) electrons. The van der Waals surface area contributed by atoms with Crippen LogP contribution in [-0.2, 0) is 17.6 Å². The molecule has 1 aromatic carbocycles. The quantitative estimate of drug-likeness (QED) is 0.855. The first-order valence-corrected chi connectivity index (χ1v) is 6.86. The topological polar surface area (TPSA) is 41.5 Å². The van der Waals surface area contributed by atoms with Gasteiger partial charge in [-0.1, -0.05) is 12.1 Å². The van der Waals surface area contributed by atoms with Gasteiger partial charge in [0, 0.05) is 12.2 Å². The molecular formula is C15H21NO2. The maximum atomic E-state index is 9.43. The number of hydrogen-bond donors (Lipinski definition) is 2. The highest BCUT2D eigenvalue weighted by molar-refractivity contribution is 5.55. The minimum absolute atomic E-state index is 0.0581. The fourth-order valence-corrected chi connectivity index (χ4v) is 2.87. The van der Waals surface area contributed by atoms with Crippen LogP contribution in [0, 0.1) is 5.41 Å². The zero-order valence-electron chi connectivity index (χ0n) is 10.7. The number of ether oxygens (including phenoxy) is 1. The fraction of sp³-hybridized carbons (Fsp3) is 0.600. The molecule has 2 N–H and O–H groups in total. The van der Waals surface area contributed by atoms with Crippen LogP contribution in [-0.4, -0.2) is 31.5 Å². The lowest BCUT2D eigenvalue weighted by Crippen LogP contribution is -2.50. The number of aliphatic hydroxyl groups is 1. The second-order valence-electron chi connectivity index (χ2n) is 5.65. The summed E-state index contributed by atoms with van der Waals surface area (Å²) in [4.78, 5) is 0. The number of hydrogen-bond acceptors (Lipinski definition) is 3. The normalized spacial score (nSPS) is 20.9. The van der Waals surface area contributed by atoms with Crippen LogP contribution in [0.2, 0.25) is 0 Å². The summed E-state index contributed by atoms with van der Waals surface area (Å²) in [6.07, 6.45) is 4.99. The smallest absolute Gasteiger partial charge is 0.0584 e. The molecule has 2 aliphatic rings. The van der Waals surface area contributed by atoms with Gasteiger partial charge in [0.25, 0.3) is 0 Å². The number of benzene rings is 1. The van der Waals surface area contributed by atoms with Gasteiger partial charge in [0.1, 0.15) is 0 Å². The van der Waals surface area contributed by atoms with E-state index in [-0.39, 0.29) is 12.0 Å². The van der Waals surface area contributed by atoms with E-state index < -0.39 is 0 Å². The Hall–Kier alpha value is -1.06. The average molecular weight is 247 g/mol. The first-order chi connectivity index (χ1) is 8.83. The first kappa shape index (κ1) is 12.0. The predicted molar refractivity (Wildman–Crippen MR) is 71.9 cm³/mol. The van der Waals surface area contributed by atoms with Gasteiger partial charge in [-0.3, -0.25) is 0 Å². The predicted octanol–water partition coefficient (Wildman–Crippen LogP) is 1.99. The van der Waals surface area contributed by atoms with Gasteiger partial charge in [-0.25, -0.2) is 0 Å². The number of rotatable bonds is 4. The van der Waals surface area contributed by atoms with E-state index in [0.29, 0.717) is 13.2 Å². The molecule has 18 heavy (non-hydrogen) atoms. The second-order valence-corrected chi connectivity index (χ2v) is 5.65. The van der Waals surface area contributed by atoms with E-state index in [1.807, 2.05) is 0 Å². The largest absolute Gasteiger partial charge is 0.396 e. The van der Waals surface area contributed by atoms with Gasteiger partial charge < -0.3 is 15.2 Å². The third-order valence-electron chi connectivity index (χ3n) is 4.20. The van der Waals surface area contributed by atoms with Crippen LogP contribution in [0.1, 0.15) is 24.0 Å². The molecule has 1 saturated heterocycles. The Kier molecular flexibility index (Phi) is 3.27. The van der Waals surface area contributed by atoms with E-state index in [0.717, 1.165) is 6.54 Å². The molecule has 0 bridgehead atoms. The molecule has 1 fully saturated rings. The Labute approximate surface area is 108 Å². The molecule has 0 spiro atoms. The Bertz CT molecular complexity index is 421. The van der Waals surface area contributed by atoms with E-state index in [1.165, 1.54) is 42.5 Å². The minimum atomic E-state index is -0.0581. The van der Waals surface area contributed by atoms with Crippen molar-refractivity contribution in [3.05, 3.63) is 29.3 Å². The lowest BCUT2D eigenvalue weighted by Gasteiger charge is -2.40. The van der Waals surface area contributed by atoms with E-state index in [9.17, 15) is 5.11 Å². The van der Waals surface area contributed by atoms with Crippen molar-refractivity contribution < 1.29 is 9.84 Å². The van der Waals surface area contributed by atoms with Crippen LogP contribution >= 0.6 is 0 Å². The molecule has 0 aromatic heterocycles. The summed E-state index contributed by atoms with van der Waals surface area (Å²) in [6.45, 7) is 2.35. The summed E-state index contributed by atoms with van der Waals surface area (Å²) in [5.74, 6) is 0. The third kappa shape index (κ3) is 2.13. The average Bonchev–Trinajstić information content (AvgIpc) is 2.38. The zero-order valence-corrected chi connectivity index (χ0v) is 10.7. The van der Waals surface area contributed by atoms with Crippen molar-refractivity contribution in [2.75, 3.05) is 31.7 Å². The molecule has 3 heteroatoms. The Morgan fingerprint density at radius 3 is 2.78 bits per heavy atom. The maximum absolute atomic E-state index is 9.43. The van der Waals surface area contributed by atoms with Crippen molar-refractivity contribution in [1.82, 2.24) is 0 Å². The van der Waals surface area contributed by atoms with Gasteiger partial charge in [0.15, 0.2) is 0 Å². The summed E-state index contributed by atoms with van der Waals surface area (Å²) >= 11 is 0.